The van der Waals surface area contributed by atoms with E-state index < -0.39 is 24.1 Å². The first-order valence-electron chi connectivity index (χ1n) is 15.6. The summed E-state index contributed by atoms with van der Waals surface area (Å²) in [6.45, 7) is 0.501. The number of aliphatic hydroxyl groups is 2. The number of fused-ring (bicyclic) bond motifs is 2. The van der Waals surface area contributed by atoms with E-state index in [2.05, 4.69) is 21.8 Å². The average Bonchev–Trinajstić information content (AvgIpc) is 3.12. The summed E-state index contributed by atoms with van der Waals surface area (Å²) in [5, 5.41) is 41.3. The zero-order valence-electron chi connectivity index (χ0n) is 26.4. The van der Waals surface area contributed by atoms with Gasteiger partial charge in [-0.05, 0) is 54.5 Å². The van der Waals surface area contributed by atoms with E-state index in [-0.39, 0.29) is 25.3 Å². The van der Waals surface area contributed by atoms with Gasteiger partial charge < -0.3 is 24.8 Å². The molecule has 0 fully saturated rings. The summed E-state index contributed by atoms with van der Waals surface area (Å²) in [5.74, 6) is 5.37. The highest BCUT2D eigenvalue weighted by molar-refractivity contribution is 5.98. The van der Waals surface area contributed by atoms with Crippen LogP contribution in [0, 0.1) is 17.3 Å². The Hall–Kier alpha value is -6.08. The van der Waals surface area contributed by atoms with Gasteiger partial charge in [0.2, 0.25) is 0 Å². The summed E-state index contributed by atoms with van der Waals surface area (Å²) in [5.41, 5.74) is 2.07. The Balaban J connectivity index is 1.20. The molecule has 9 nitrogen and oxygen atoms in total. The molecule has 0 bridgehead atoms. The lowest BCUT2D eigenvalue weighted by Crippen LogP contribution is -2.26. The number of nitrogens with one attached hydrogen (secondary N) is 1. The molecule has 0 saturated carbocycles. The van der Waals surface area contributed by atoms with E-state index in [4.69, 9.17) is 20.0 Å². The van der Waals surface area contributed by atoms with E-state index in [0.717, 1.165) is 33.2 Å². The number of carboxylic acid groups (broad SMARTS) is 1. The largest absolute Gasteiger partial charge is 0.487 e. The molecular weight excluding hydrogens is 618 g/mol. The molecule has 0 amide bonds. The first-order valence-corrected chi connectivity index (χ1v) is 15.6. The first-order chi connectivity index (χ1) is 23.7. The molecule has 1 unspecified atom stereocenters. The van der Waals surface area contributed by atoms with Crippen LogP contribution in [0.15, 0.2) is 121 Å². The van der Waals surface area contributed by atoms with Crippen molar-refractivity contribution in [2.75, 3.05) is 0 Å². The Morgan fingerprint density at radius 1 is 0.694 bits per heavy atom. The molecule has 0 aliphatic rings. The van der Waals surface area contributed by atoms with Crippen LogP contribution in [0.25, 0.3) is 21.8 Å². The minimum atomic E-state index is -1.86. The molecular formula is C40H33N3O6. The number of pyridine rings is 2. The number of aliphatic hydroxyl groups excluding tert-OH is 1. The summed E-state index contributed by atoms with van der Waals surface area (Å²) in [6.07, 6.45) is -2.05. The summed E-state index contributed by atoms with van der Waals surface area (Å²) in [7, 11) is 0. The Morgan fingerprint density at radius 3 is 1.63 bits per heavy atom. The van der Waals surface area contributed by atoms with Gasteiger partial charge in [0.1, 0.15) is 24.7 Å². The van der Waals surface area contributed by atoms with Crippen molar-refractivity contribution in [2.24, 2.45) is 0 Å². The third kappa shape index (κ3) is 8.26. The summed E-state index contributed by atoms with van der Waals surface area (Å²) in [6, 6.07) is 37.2. The predicted molar refractivity (Wildman–Crippen MR) is 186 cm³/mol. The molecule has 49 heavy (non-hydrogen) atoms. The van der Waals surface area contributed by atoms with Gasteiger partial charge in [-0.2, -0.15) is 0 Å². The minimum Gasteiger partial charge on any atom is -0.487 e. The van der Waals surface area contributed by atoms with Crippen LogP contribution in [0.4, 0.5) is 0 Å². The molecule has 0 spiro atoms. The number of benzene rings is 4. The van der Waals surface area contributed by atoms with Gasteiger partial charge in [0.25, 0.3) is 0 Å². The summed E-state index contributed by atoms with van der Waals surface area (Å²) < 4.78 is 12.0. The zero-order chi connectivity index (χ0) is 34.2. The van der Waals surface area contributed by atoms with Crippen molar-refractivity contribution in [2.45, 2.75) is 37.8 Å². The van der Waals surface area contributed by atoms with Gasteiger partial charge >= 0.3 is 5.97 Å². The maximum absolute atomic E-state index is 12.1. The molecule has 244 valence electrons. The molecule has 0 radical (unpaired) electrons. The highest BCUT2D eigenvalue weighted by Crippen LogP contribution is 2.32. The molecule has 9 heteroatoms. The van der Waals surface area contributed by atoms with E-state index in [1.807, 2.05) is 72.8 Å². The topological polar surface area (TPSA) is 146 Å². The van der Waals surface area contributed by atoms with Crippen LogP contribution in [0.1, 0.15) is 35.4 Å². The minimum absolute atomic E-state index is 0.210. The second kappa shape index (κ2) is 14.8. The number of ether oxygens (including phenoxy) is 2. The van der Waals surface area contributed by atoms with Gasteiger partial charge in [-0.25, -0.2) is 9.97 Å². The first kappa shape index (κ1) is 32.8. The van der Waals surface area contributed by atoms with E-state index in [0.29, 0.717) is 22.6 Å². The highest BCUT2D eigenvalue weighted by Gasteiger charge is 2.30. The van der Waals surface area contributed by atoms with Crippen molar-refractivity contribution in [3.8, 4) is 23.3 Å². The smallest absolute Gasteiger partial charge is 0.305 e. The number of rotatable bonds is 12. The standard InChI is InChI=1S/C40H33N3O6/c41-31(23-34(44)24-39(45)46)21-22-40(47,29-11-17-35(18-12-29)48-25-32-15-9-27-5-1-3-7-37(27)42-32)30-13-19-36(20-14-30)49-26-33-16-10-28-6-2-4-8-38(28)43-33/h1-20,34,41,44,47H,23-26H2,(H,45,46). The van der Waals surface area contributed by atoms with Gasteiger partial charge in [-0.3, -0.25) is 10.2 Å². The number of carboxylic acids is 1. The van der Waals surface area contributed by atoms with Gasteiger partial charge in [-0.1, -0.05) is 78.7 Å². The van der Waals surface area contributed by atoms with Crippen LogP contribution in [-0.2, 0) is 23.6 Å². The average molecular weight is 652 g/mol. The van der Waals surface area contributed by atoms with Crippen LogP contribution in [0.3, 0.4) is 0 Å². The second-order valence-electron chi connectivity index (χ2n) is 11.5. The fourth-order valence-electron chi connectivity index (χ4n) is 5.31. The summed E-state index contributed by atoms with van der Waals surface area (Å²) in [4.78, 5) is 20.2. The molecule has 1 atom stereocenters. The van der Waals surface area contributed by atoms with E-state index in [1.165, 1.54) is 0 Å². The number of aromatic nitrogens is 2. The van der Waals surface area contributed by atoms with Crippen molar-refractivity contribution in [1.29, 1.82) is 5.41 Å². The number of para-hydroxylation sites is 2. The highest BCUT2D eigenvalue weighted by atomic mass is 16.5. The maximum atomic E-state index is 12.1. The number of nitrogens with zero attached hydrogens (tertiary/aromatic N) is 2. The number of carbonyl (C=O) groups is 1. The lowest BCUT2D eigenvalue weighted by atomic mass is 9.86. The lowest BCUT2D eigenvalue weighted by molar-refractivity contribution is -0.139. The Bertz CT molecular complexity index is 2040. The van der Waals surface area contributed by atoms with E-state index in [1.54, 1.807) is 48.5 Å². The van der Waals surface area contributed by atoms with Crippen LogP contribution in [-0.4, -0.2) is 43.1 Å². The van der Waals surface area contributed by atoms with Gasteiger partial charge in [-0.15, -0.1) is 0 Å². The van der Waals surface area contributed by atoms with Crippen LogP contribution >= 0.6 is 0 Å². The second-order valence-corrected chi connectivity index (χ2v) is 11.5. The van der Waals surface area contributed by atoms with Gasteiger partial charge in [0.15, 0.2) is 5.60 Å². The molecule has 0 aliphatic carbocycles. The molecule has 6 rings (SSSR count). The van der Waals surface area contributed by atoms with Crippen molar-refractivity contribution in [1.82, 2.24) is 9.97 Å². The third-order valence-electron chi connectivity index (χ3n) is 7.87. The quantitative estimate of drug-likeness (QED) is 0.0876. The number of aliphatic carboxylic acids is 1. The normalized spacial score (nSPS) is 11.8. The van der Waals surface area contributed by atoms with Crippen molar-refractivity contribution in [3.05, 3.63) is 144 Å². The molecule has 0 aliphatic heterocycles. The molecule has 4 aromatic carbocycles. The molecule has 4 N–H and O–H groups in total. The SMILES string of the molecule is N=C(C#CC(O)(c1ccc(OCc2ccc3ccccc3n2)cc1)c1ccc(OCc2ccc3ccccc3n2)cc1)CC(O)CC(=O)O. The monoisotopic (exact) mass is 651 g/mol. The summed E-state index contributed by atoms with van der Waals surface area (Å²) >= 11 is 0. The van der Waals surface area contributed by atoms with Gasteiger partial charge in [0.05, 0.1) is 40.7 Å². The molecule has 2 aromatic heterocycles. The Morgan fingerprint density at radius 2 is 1.16 bits per heavy atom. The van der Waals surface area contributed by atoms with Gasteiger partial charge in [0, 0.05) is 28.3 Å². The lowest BCUT2D eigenvalue weighted by Gasteiger charge is -2.24. The fourth-order valence-corrected chi connectivity index (χ4v) is 5.31. The fraction of sp³-hybridized carbons (Fsp3) is 0.150. The van der Waals surface area contributed by atoms with Crippen molar-refractivity contribution < 1.29 is 29.6 Å². The van der Waals surface area contributed by atoms with E-state index in [9.17, 15) is 15.0 Å². The van der Waals surface area contributed by atoms with Crippen LogP contribution in [0.5, 0.6) is 11.5 Å². The van der Waals surface area contributed by atoms with Crippen molar-refractivity contribution >= 4 is 33.5 Å². The predicted octanol–water partition coefficient (Wildman–Crippen LogP) is 6.43. The Labute approximate surface area is 283 Å². The number of hydrogen-bond acceptors (Lipinski definition) is 8. The van der Waals surface area contributed by atoms with Crippen molar-refractivity contribution in [3.63, 3.8) is 0 Å². The Kier molecular flexibility index (Phi) is 9.91. The molecule has 0 saturated heterocycles. The van der Waals surface area contributed by atoms with Crippen LogP contribution in [0.2, 0.25) is 0 Å². The molecule has 6 aromatic rings. The molecule has 2 heterocycles. The zero-order valence-corrected chi connectivity index (χ0v) is 26.4. The maximum Gasteiger partial charge on any atom is 0.305 e. The van der Waals surface area contributed by atoms with E-state index >= 15 is 0 Å². The van der Waals surface area contributed by atoms with Crippen LogP contribution < -0.4 is 9.47 Å². The third-order valence-corrected chi connectivity index (χ3v) is 7.87. The number of hydrogen-bond donors (Lipinski definition) is 4.